The molecule has 0 aromatic heterocycles. The van der Waals surface area contributed by atoms with Crippen molar-refractivity contribution in [3.8, 4) is 5.75 Å². The van der Waals surface area contributed by atoms with Gasteiger partial charge in [-0.3, -0.25) is 9.10 Å². The van der Waals surface area contributed by atoms with Crippen molar-refractivity contribution >= 4 is 33.2 Å². The van der Waals surface area contributed by atoms with E-state index in [1.54, 1.807) is 6.92 Å². The number of sulfonamides is 1. The fourth-order valence-corrected chi connectivity index (χ4v) is 4.39. The minimum absolute atomic E-state index is 0.123. The van der Waals surface area contributed by atoms with Crippen LogP contribution >= 0.6 is 11.6 Å². The van der Waals surface area contributed by atoms with Gasteiger partial charge in [0.25, 0.3) is 0 Å². The van der Waals surface area contributed by atoms with Crippen molar-refractivity contribution in [1.82, 2.24) is 5.32 Å². The summed E-state index contributed by atoms with van der Waals surface area (Å²) in [6.45, 7) is 6.06. The van der Waals surface area contributed by atoms with Gasteiger partial charge in [0.1, 0.15) is 24.2 Å². The zero-order chi connectivity index (χ0) is 22.5. The molecule has 6 nitrogen and oxygen atoms in total. The van der Waals surface area contributed by atoms with Crippen molar-refractivity contribution in [2.45, 2.75) is 33.2 Å². The summed E-state index contributed by atoms with van der Waals surface area (Å²) in [7, 11) is -3.83. The van der Waals surface area contributed by atoms with Gasteiger partial charge in [0.2, 0.25) is 15.9 Å². The van der Waals surface area contributed by atoms with Crippen molar-refractivity contribution in [3.63, 3.8) is 0 Å². The van der Waals surface area contributed by atoms with Gasteiger partial charge in [-0.15, -0.1) is 0 Å². The molecule has 164 valence electrons. The van der Waals surface area contributed by atoms with E-state index in [9.17, 15) is 17.6 Å². The smallest absolute Gasteiger partial charge is 0.244 e. The van der Waals surface area contributed by atoms with Crippen LogP contribution in [-0.4, -0.2) is 39.8 Å². The number of carbonyl (C=O) groups excluding carboxylic acids is 1. The van der Waals surface area contributed by atoms with Gasteiger partial charge in [-0.1, -0.05) is 30.7 Å². The van der Waals surface area contributed by atoms with Crippen LogP contribution in [0, 0.1) is 19.7 Å². The lowest BCUT2D eigenvalue weighted by molar-refractivity contribution is -0.122. The number of carbonyl (C=O) groups is 1. The fraction of sp³-hybridized carbons (Fsp3) is 0.381. The predicted molar refractivity (Wildman–Crippen MR) is 117 cm³/mol. The normalized spacial score (nSPS) is 12.3. The van der Waals surface area contributed by atoms with Crippen molar-refractivity contribution in [2.75, 3.05) is 23.7 Å². The molecule has 2 aromatic carbocycles. The number of benzene rings is 2. The Labute approximate surface area is 182 Å². The van der Waals surface area contributed by atoms with E-state index in [-0.39, 0.29) is 30.3 Å². The van der Waals surface area contributed by atoms with Gasteiger partial charge in [0, 0.05) is 0 Å². The van der Waals surface area contributed by atoms with E-state index in [1.807, 2.05) is 32.0 Å². The molecule has 0 heterocycles. The Morgan fingerprint density at radius 3 is 2.57 bits per heavy atom. The largest absolute Gasteiger partial charge is 0.491 e. The second-order valence-electron chi connectivity index (χ2n) is 6.92. The molecule has 0 spiro atoms. The number of ether oxygens (including phenoxy) is 1. The maximum absolute atomic E-state index is 13.5. The molecule has 1 amide bonds. The summed E-state index contributed by atoms with van der Waals surface area (Å²) >= 11 is 5.81. The minimum Gasteiger partial charge on any atom is -0.491 e. The molecule has 0 fully saturated rings. The molecule has 0 unspecified atom stereocenters. The summed E-state index contributed by atoms with van der Waals surface area (Å²) < 4.78 is 45.0. The summed E-state index contributed by atoms with van der Waals surface area (Å²) in [5, 5.41) is 2.49. The van der Waals surface area contributed by atoms with E-state index in [0.29, 0.717) is 0 Å². The number of halogens is 2. The Bertz CT molecular complexity index is 1010. The summed E-state index contributed by atoms with van der Waals surface area (Å²) in [6, 6.07) is 8.25. The molecule has 30 heavy (non-hydrogen) atoms. The Morgan fingerprint density at radius 1 is 1.27 bits per heavy atom. The summed E-state index contributed by atoms with van der Waals surface area (Å²) in [5.41, 5.74) is 2.24. The Balaban J connectivity index is 2.10. The monoisotopic (exact) mass is 456 g/mol. The third kappa shape index (κ3) is 5.86. The number of amides is 1. The first-order valence-corrected chi connectivity index (χ1v) is 11.7. The number of anilines is 1. The minimum atomic E-state index is -3.83. The van der Waals surface area contributed by atoms with E-state index in [4.69, 9.17) is 16.3 Å². The number of hydrogen-bond donors (Lipinski definition) is 1. The van der Waals surface area contributed by atoms with E-state index < -0.39 is 27.8 Å². The van der Waals surface area contributed by atoms with Gasteiger partial charge in [-0.25, -0.2) is 12.8 Å². The third-order valence-electron chi connectivity index (χ3n) is 4.70. The van der Waals surface area contributed by atoms with Gasteiger partial charge >= 0.3 is 0 Å². The second-order valence-corrected chi connectivity index (χ2v) is 9.19. The van der Waals surface area contributed by atoms with Gasteiger partial charge < -0.3 is 10.1 Å². The first kappa shape index (κ1) is 24.0. The zero-order valence-electron chi connectivity index (χ0n) is 17.4. The van der Waals surface area contributed by atoms with Crippen LogP contribution in [0.5, 0.6) is 5.75 Å². The number of nitrogens with one attached hydrogen (secondary N) is 1. The van der Waals surface area contributed by atoms with Crippen LogP contribution in [0.25, 0.3) is 0 Å². The summed E-state index contributed by atoms with van der Waals surface area (Å²) in [6.07, 6.45) is 1.20. The molecular weight excluding hydrogens is 431 g/mol. The number of aryl methyl sites for hydroxylation is 1. The van der Waals surface area contributed by atoms with Crippen molar-refractivity contribution < 1.29 is 22.3 Å². The van der Waals surface area contributed by atoms with Gasteiger partial charge in [-0.05, 0) is 55.7 Å². The number of rotatable bonds is 9. The summed E-state index contributed by atoms with van der Waals surface area (Å²) in [4.78, 5) is 12.7. The molecular formula is C21H26ClFN2O4S. The maximum atomic E-state index is 13.5. The van der Waals surface area contributed by atoms with Crippen LogP contribution in [0.3, 0.4) is 0 Å². The molecule has 2 rings (SSSR count). The number of nitrogens with zero attached hydrogens (tertiary/aromatic N) is 1. The maximum Gasteiger partial charge on any atom is 0.244 e. The Hall–Kier alpha value is -2.32. The fourth-order valence-electron chi connectivity index (χ4n) is 3.02. The Morgan fingerprint density at radius 2 is 1.97 bits per heavy atom. The standard InChI is InChI=1S/C21H26ClFN2O4S/c1-5-19(25(30(4,27)28)16-9-10-18(23)17(22)13-16)21(26)24-11-12-29-20-8-6-7-14(2)15(20)3/h6-10,13,19H,5,11-12H2,1-4H3,(H,24,26)/t19-/m1/s1. The van der Waals surface area contributed by atoms with E-state index in [1.165, 1.54) is 12.1 Å². The van der Waals surface area contributed by atoms with E-state index in [0.717, 1.165) is 33.5 Å². The van der Waals surface area contributed by atoms with E-state index >= 15 is 0 Å². The zero-order valence-corrected chi connectivity index (χ0v) is 19.0. The average molecular weight is 457 g/mol. The molecule has 0 aliphatic carbocycles. The van der Waals surface area contributed by atoms with Crippen molar-refractivity contribution in [3.05, 3.63) is 58.4 Å². The van der Waals surface area contributed by atoms with Crippen LogP contribution in [0.1, 0.15) is 24.5 Å². The molecule has 9 heteroatoms. The van der Waals surface area contributed by atoms with Gasteiger partial charge in [-0.2, -0.15) is 0 Å². The average Bonchev–Trinajstić information content (AvgIpc) is 2.67. The van der Waals surface area contributed by atoms with Crippen LogP contribution in [0.15, 0.2) is 36.4 Å². The highest BCUT2D eigenvalue weighted by atomic mass is 35.5. The van der Waals surface area contributed by atoms with Gasteiger partial charge in [0.15, 0.2) is 0 Å². The lowest BCUT2D eigenvalue weighted by atomic mass is 10.1. The number of hydrogen-bond acceptors (Lipinski definition) is 4. The molecule has 0 radical (unpaired) electrons. The second kappa shape index (κ2) is 10.1. The van der Waals surface area contributed by atoms with Crippen molar-refractivity contribution in [2.24, 2.45) is 0 Å². The predicted octanol–water partition coefficient (Wildman–Crippen LogP) is 3.84. The van der Waals surface area contributed by atoms with Crippen LogP contribution in [-0.2, 0) is 14.8 Å². The van der Waals surface area contributed by atoms with E-state index in [2.05, 4.69) is 5.32 Å². The van der Waals surface area contributed by atoms with Gasteiger partial charge in [0.05, 0.1) is 23.5 Å². The lowest BCUT2D eigenvalue weighted by Gasteiger charge is -2.30. The molecule has 1 N–H and O–H groups in total. The first-order valence-electron chi connectivity index (χ1n) is 9.47. The van der Waals surface area contributed by atoms with Crippen LogP contribution in [0.2, 0.25) is 5.02 Å². The highest BCUT2D eigenvalue weighted by Gasteiger charge is 2.31. The first-order chi connectivity index (χ1) is 14.1. The quantitative estimate of drug-likeness (QED) is 0.582. The third-order valence-corrected chi connectivity index (χ3v) is 6.17. The lowest BCUT2D eigenvalue weighted by Crippen LogP contribution is -2.50. The molecule has 0 saturated carbocycles. The Kier molecular flexibility index (Phi) is 8.09. The van der Waals surface area contributed by atoms with Crippen molar-refractivity contribution in [1.29, 1.82) is 0 Å². The SMILES string of the molecule is CC[C@H](C(=O)NCCOc1cccc(C)c1C)N(c1ccc(F)c(Cl)c1)S(C)(=O)=O. The molecule has 0 bridgehead atoms. The molecule has 1 atom stereocenters. The molecule has 0 aliphatic rings. The summed E-state index contributed by atoms with van der Waals surface area (Å²) in [5.74, 6) is -0.419. The van der Waals surface area contributed by atoms with Crippen LogP contribution < -0.4 is 14.4 Å². The highest BCUT2D eigenvalue weighted by Crippen LogP contribution is 2.27. The highest BCUT2D eigenvalue weighted by molar-refractivity contribution is 7.92. The molecule has 2 aromatic rings. The van der Waals surface area contributed by atoms with Crippen LogP contribution in [0.4, 0.5) is 10.1 Å². The topological polar surface area (TPSA) is 75.7 Å². The molecule has 0 saturated heterocycles. The molecule has 0 aliphatic heterocycles.